The van der Waals surface area contributed by atoms with Crippen LogP contribution in [0.3, 0.4) is 0 Å². The summed E-state index contributed by atoms with van der Waals surface area (Å²) >= 11 is 0. The lowest BCUT2D eigenvalue weighted by molar-refractivity contribution is 0.257. The topological polar surface area (TPSA) is 87.0 Å². The number of methoxy groups -OCH3 is 1. The van der Waals surface area contributed by atoms with Crippen LogP contribution in [-0.2, 0) is 6.42 Å². The maximum Gasteiger partial charge on any atom is 0.327 e. The molecule has 184 valence electrons. The molecule has 0 radical (unpaired) electrons. The summed E-state index contributed by atoms with van der Waals surface area (Å²) in [5.41, 5.74) is 6.02. The number of aromatic nitrogens is 3. The van der Waals surface area contributed by atoms with E-state index in [4.69, 9.17) is 9.72 Å². The molecule has 0 unspecified atom stereocenters. The largest absolute Gasteiger partial charge is 0.493 e. The van der Waals surface area contributed by atoms with Gasteiger partial charge in [0, 0.05) is 54.6 Å². The standard InChI is InChI=1S/C26H33N7O2/c1-16-11-18-12-21(23(35-4)14-33(18)30-16)29-25(34)32-9-7-19-22(31-10-8-27-26(2,3)15-31)13-20(17-5-6-17)28-24(19)32/h11-14,17,27H,5-10,15H2,1-4H3,(H,29,34). The predicted octanol–water partition coefficient (Wildman–Crippen LogP) is 3.71. The van der Waals surface area contributed by atoms with Gasteiger partial charge in [-0.1, -0.05) is 0 Å². The van der Waals surface area contributed by atoms with Crippen molar-refractivity contribution < 1.29 is 9.53 Å². The Bertz CT molecular complexity index is 1310. The number of urea groups is 1. The molecule has 9 nitrogen and oxygen atoms in total. The highest BCUT2D eigenvalue weighted by atomic mass is 16.5. The zero-order valence-corrected chi connectivity index (χ0v) is 20.9. The van der Waals surface area contributed by atoms with Gasteiger partial charge >= 0.3 is 6.03 Å². The van der Waals surface area contributed by atoms with Crippen LogP contribution in [0.4, 0.5) is 22.0 Å². The van der Waals surface area contributed by atoms with Gasteiger partial charge in [0.05, 0.1) is 30.2 Å². The molecule has 0 spiro atoms. The molecule has 6 rings (SSSR count). The Hall–Kier alpha value is -3.33. The van der Waals surface area contributed by atoms with Gasteiger partial charge in [0.1, 0.15) is 5.82 Å². The van der Waals surface area contributed by atoms with Crippen LogP contribution in [0.1, 0.15) is 49.6 Å². The van der Waals surface area contributed by atoms with Crippen molar-refractivity contribution in [3.8, 4) is 5.75 Å². The molecule has 2 amide bonds. The Morgan fingerprint density at radius 2 is 2.06 bits per heavy atom. The van der Waals surface area contributed by atoms with E-state index in [-0.39, 0.29) is 11.6 Å². The Balaban J connectivity index is 1.33. The van der Waals surface area contributed by atoms with Crippen LogP contribution in [0.15, 0.2) is 24.4 Å². The van der Waals surface area contributed by atoms with Gasteiger partial charge in [-0.25, -0.2) is 14.3 Å². The number of anilines is 3. The maximum absolute atomic E-state index is 13.5. The molecule has 3 aliphatic rings. The van der Waals surface area contributed by atoms with E-state index in [1.165, 1.54) is 24.1 Å². The first-order valence-electron chi connectivity index (χ1n) is 12.5. The van der Waals surface area contributed by atoms with E-state index in [9.17, 15) is 4.79 Å². The third-order valence-electron chi connectivity index (χ3n) is 7.24. The molecule has 3 aromatic rings. The van der Waals surface area contributed by atoms with E-state index in [1.54, 1.807) is 22.7 Å². The number of carbonyl (C=O) groups is 1. The van der Waals surface area contributed by atoms with Crippen molar-refractivity contribution in [1.82, 2.24) is 19.9 Å². The predicted molar refractivity (Wildman–Crippen MR) is 137 cm³/mol. The SMILES string of the molecule is COc1cn2nc(C)cc2cc1NC(=O)N1CCc2c(N3CCNC(C)(C)C3)cc(C3CC3)nc21. The van der Waals surface area contributed by atoms with E-state index in [0.717, 1.165) is 48.8 Å². The minimum Gasteiger partial charge on any atom is -0.493 e. The van der Waals surface area contributed by atoms with Crippen LogP contribution in [0.5, 0.6) is 5.75 Å². The number of piperazine rings is 1. The van der Waals surface area contributed by atoms with Gasteiger partial charge in [-0.05, 0) is 58.2 Å². The Morgan fingerprint density at radius 1 is 1.23 bits per heavy atom. The molecule has 35 heavy (non-hydrogen) atoms. The van der Waals surface area contributed by atoms with Gasteiger partial charge in [-0.15, -0.1) is 0 Å². The number of amides is 2. The molecule has 1 aliphatic carbocycles. The summed E-state index contributed by atoms with van der Waals surface area (Å²) in [6, 6.07) is 5.98. The summed E-state index contributed by atoms with van der Waals surface area (Å²) in [6.07, 6.45) is 4.95. The lowest BCUT2D eigenvalue weighted by Gasteiger charge is -2.41. The van der Waals surface area contributed by atoms with Crippen LogP contribution >= 0.6 is 0 Å². The number of nitrogens with zero attached hydrogens (tertiary/aromatic N) is 5. The zero-order valence-electron chi connectivity index (χ0n) is 20.9. The van der Waals surface area contributed by atoms with E-state index >= 15 is 0 Å². The summed E-state index contributed by atoms with van der Waals surface area (Å²) in [5.74, 6) is 1.88. The van der Waals surface area contributed by atoms with Crippen molar-refractivity contribution in [2.75, 3.05) is 48.4 Å². The quantitative estimate of drug-likeness (QED) is 0.598. The lowest BCUT2D eigenvalue weighted by Crippen LogP contribution is -2.57. The highest BCUT2D eigenvalue weighted by molar-refractivity contribution is 6.04. The van der Waals surface area contributed by atoms with Crippen LogP contribution in [0, 0.1) is 6.92 Å². The minimum atomic E-state index is -0.185. The number of fused-ring (bicyclic) bond motifs is 2. The Morgan fingerprint density at radius 3 is 2.80 bits per heavy atom. The van der Waals surface area contributed by atoms with Crippen LogP contribution in [0.25, 0.3) is 5.52 Å². The first-order chi connectivity index (χ1) is 16.8. The van der Waals surface area contributed by atoms with Crippen molar-refractivity contribution in [1.29, 1.82) is 0 Å². The molecule has 0 aromatic carbocycles. The fraction of sp³-hybridized carbons (Fsp3) is 0.500. The fourth-order valence-electron chi connectivity index (χ4n) is 5.36. The molecule has 5 heterocycles. The Labute approximate surface area is 205 Å². The molecule has 3 aromatic heterocycles. The first kappa shape index (κ1) is 22.2. The second kappa shape index (κ2) is 8.12. The average Bonchev–Trinajstić information content (AvgIpc) is 3.47. The minimum absolute atomic E-state index is 0.0467. The number of aryl methyl sites for hydroxylation is 1. The summed E-state index contributed by atoms with van der Waals surface area (Å²) < 4.78 is 7.31. The van der Waals surface area contributed by atoms with E-state index in [2.05, 4.69) is 40.5 Å². The second-order valence-corrected chi connectivity index (χ2v) is 10.6. The number of pyridine rings is 2. The molecule has 1 saturated heterocycles. The summed E-state index contributed by atoms with van der Waals surface area (Å²) in [5, 5.41) is 11.1. The fourth-order valence-corrected chi connectivity index (χ4v) is 5.36. The molecule has 0 bridgehead atoms. The lowest BCUT2D eigenvalue weighted by atomic mass is 10.00. The summed E-state index contributed by atoms with van der Waals surface area (Å²) in [4.78, 5) is 22.8. The van der Waals surface area contributed by atoms with Gasteiger partial charge in [0.25, 0.3) is 0 Å². The van der Waals surface area contributed by atoms with Gasteiger partial charge in [-0.2, -0.15) is 5.10 Å². The molecule has 2 N–H and O–H groups in total. The van der Waals surface area contributed by atoms with Crippen molar-refractivity contribution in [2.24, 2.45) is 0 Å². The zero-order chi connectivity index (χ0) is 24.3. The van der Waals surface area contributed by atoms with Gasteiger partial charge in [-0.3, -0.25) is 4.90 Å². The molecule has 0 atom stereocenters. The molecule has 1 saturated carbocycles. The van der Waals surface area contributed by atoms with Crippen LogP contribution < -0.4 is 25.2 Å². The van der Waals surface area contributed by atoms with Gasteiger partial charge < -0.3 is 20.3 Å². The molecular formula is C26H33N7O2. The third kappa shape index (κ3) is 4.07. The van der Waals surface area contributed by atoms with Gasteiger partial charge in [0.15, 0.2) is 5.75 Å². The average molecular weight is 476 g/mol. The number of nitrogens with one attached hydrogen (secondary N) is 2. The highest BCUT2D eigenvalue weighted by Gasteiger charge is 2.36. The summed E-state index contributed by atoms with van der Waals surface area (Å²) in [6.45, 7) is 9.88. The molecular weight excluding hydrogens is 442 g/mol. The number of hydrogen-bond donors (Lipinski definition) is 2. The van der Waals surface area contributed by atoms with Crippen molar-refractivity contribution in [2.45, 2.75) is 51.5 Å². The normalized spacial score (nSPS) is 19.2. The molecule has 2 aliphatic heterocycles. The highest BCUT2D eigenvalue weighted by Crippen LogP contribution is 2.44. The molecule has 2 fully saturated rings. The first-order valence-corrected chi connectivity index (χ1v) is 12.5. The van der Waals surface area contributed by atoms with Crippen molar-refractivity contribution >= 4 is 28.7 Å². The molecule has 9 heteroatoms. The van der Waals surface area contributed by atoms with Crippen LogP contribution in [-0.4, -0.2) is 59.5 Å². The summed E-state index contributed by atoms with van der Waals surface area (Å²) in [7, 11) is 1.60. The van der Waals surface area contributed by atoms with E-state index < -0.39 is 0 Å². The monoisotopic (exact) mass is 475 g/mol. The third-order valence-corrected chi connectivity index (χ3v) is 7.24. The second-order valence-electron chi connectivity index (χ2n) is 10.6. The van der Waals surface area contributed by atoms with Crippen molar-refractivity contribution in [3.05, 3.63) is 41.3 Å². The number of rotatable bonds is 4. The van der Waals surface area contributed by atoms with Crippen LogP contribution in [0.2, 0.25) is 0 Å². The Kier molecular flexibility index (Phi) is 5.14. The maximum atomic E-state index is 13.5. The number of hydrogen-bond acceptors (Lipinski definition) is 6. The number of carbonyl (C=O) groups excluding carboxylic acids is 1. The smallest absolute Gasteiger partial charge is 0.327 e. The van der Waals surface area contributed by atoms with Gasteiger partial charge in [0.2, 0.25) is 0 Å². The van der Waals surface area contributed by atoms with Crippen molar-refractivity contribution in [3.63, 3.8) is 0 Å². The van der Waals surface area contributed by atoms with E-state index in [0.29, 0.717) is 23.9 Å². The number of ether oxygens (including phenoxy) is 1. The van der Waals surface area contributed by atoms with E-state index in [1.807, 2.05) is 19.1 Å².